The van der Waals surface area contributed by atoms with Gasteiger partial charge in [0.25, 0.3) is 0 Å². The molecule has 0 bridgehead atoms. The van der Waals surface area contributed by atoms with Crippen LogP contribution in [-0.2, 0) is 0 Å². The fourth-order valence-electron chi connectivity index (χ4n) is 1.90. The standard InChI is InChI=1S/C16H10Cl2N2O2/c17-12-3-1-10(2-4-12)9-19-20-16(21)15-8-11-7-13(18)5-6-14(11)22-15/h1-9H,(H,20,21)/b19-9+. The molecule has 0 aliphatic rings. The molecule has 3 aromatic rings. The van der Waals surface area contributed by atoms with Gasteiger partial charge in [-0.3, -0.25) is 4.79 Å². The summed E-state index contributed by atoms with van der Waals surface area (Å²) in [5.74, 6) is -0.261. The van der Waals surface area contributed by atoms with Crippen LogP contribution in [-0.4, -0.2) is 12.1 Å². The quantitative estimate of drug-likeness (QED) is 0.567. The largest absolute Gasteiger partial charge is 0.451 e. The van der Waals surface area contributed by atoms with Crippen molar-refractivity contribution in [2.24, 2.45) is 5.10 Å². The van der Waals surface area contributed by atoms with Gasteiger partial charge < -0.3 is 4.42 Å². The lowest BCUT2D eigenvalue weighted by molar-refractivity contribution is 0.0929. The fraction of sp³-hybridized carbons (Fsp3) is 0. The Morgan fingerprint density at radius 1 is 1.05 bits per heavy atom. The van der Waals surface area contributed by atoms with Crippen molar-refractivity contribution in [3.63, 3.8) is 0 Å². The predicted octanol–water partition coefficient (Wildman–Crippen LogP) is 4.50. The van der Waals surface area contributed by atoms with Crippen LogP contribution in [0.4, 0.5) is 0 Å². The molecule has 0 unspecified atom stereocenters. The first-order valence-corrected chi connectivity index (χ1v) is 7.15. The summed E-state index contributed by atoms with van der Waals surface area (Å²) in [4.78, 5) is 12.0. The minimum atomic E-state index is -0.433. The van der Waals surface area contributed by atoms with E-state index in [0.29, 0.717) is 15.6 Å². The molecular formula is C16H10Cl2N2O2. The van der Waals surface area contributed by atoms with E-state index in [4.69, 9.17) is 27.6 Å². The van der Waals surface area contributed by atoms with Crippen LogP contribution in [0.2, 0.25) is 10.0 Å². The number of benzene rings is 2. The van der Waals surface area contributed by atoms with Crippen LogP contribution in [0.3, 0.4) is 0 Å². The van der Waals surface area contributed by atoms with Gasteiger partial charge >= 0.3 is 5.91 Å². The van der Waals surface area contributed by atoms with E-state index in [-0.39, 0.29) is 5.76 Å². The van der Waals surface area contributed by atoms with E-state index in [1.54, 1.807) is 48.5 Å². The van der Waals surface area contributed by atoms with E-state index in [1.807, 2.05) is 0 Å². The SMILES string of the molecule is O=C(N/N=C/c1ccc(Cl)cc1)c1cc2cc(Cl)ccc2o1. The van der Waals surface area contributed by atoms with Crippen molar-refractivity contribution in [1.29, 1.82) is 0 Å². The first-order valence-electron chi connectivity index (χ1n) is 6.40. The molecule has 0 radical (unpaired) electrons. The highest BCUT2D eigenvalue weighted by molar-refractivity contribution is 6.31. The van der Waals surface area contributed by atoms with Gasteiger partial charge in [0.15, 0.2) is 5.76 Å². The normalized spacial score (nSPS) is 11.2. The Labute approximate surface area is 136 Å². The van der Waals surface area contributed by atoms with Crippen LogP contribution in [0.15, 0.2) is 58.0 Å². The molecule has 0 aliphatic heterocycles. The Bertz CT molecular complexity index is 854. The minimum Gasteiger partial charge on any atom is -0.451 e. The number of halogens is 2. The number of amides is 1. The van der Waals surface area contributed by atoms with Crippen LogP contribution >= 0.6 is 23.2 Å². The van der Waals surface area contributed by atoms with E-state index in [2.05, 4.69) is 10.5 Å². The van der Waals surface area contributed by atoms with E-state index in [0.717, 1.165) is 10.9 Å². The van der Waals surface area contributed by atoms with Gasteiger partial charge in [-0.15, -0.1) is 0 Å². The summed E-state index contributed by atoms with van der Waals surface area (Å²) in [6.45, 7) is 0. The van der Waals surface area contributed by atoms with Gasteiger partial charge in [0.1, 0.15) is 5.58 Å². The van der Waals surface area contributed by atoms with Crippen LogP contribution in [0.25, 0.3) is 11.0 Å². The molecular weight excluding hydrogens is 323 g/mol. The molecule has 4 nitrogen and oxygen atoms in total. The topological polar surface area (TPSA) is 54.6 Å². The average Bonchev–Trinajstić information content (AvgIpc) is 2.92. The molecule has 1 aromatic heterocycles. The number of hydrogen-bond acceptors (Lipinski definition) is 3. The van der Waals surface area contributed by atoms with Gasteiger partial charge in [0, 0.05) is 15.4 Å². The molecule has 110 valence electrons. The molecule has 0 saturated carbocycles. The summed E-state index contributed by atoms with van der Waals surface area (Å²) < 4.78 is 5.44. The lowest BCUT2D eigenvalue weighted by atomic mass is 10.2. The molecule has 6 heteroatoms. The number of hydrogen-bond donors (Lipinski definition) is 1. The third kappa shape index (κ3) is 3.30. The van der Waals surface area contributed by atoms with Crippen LogP contribution in [0.5, 0.6) is 0 Å². The predicted molar refractivity (Wildman–Crippen MR) is 87.7 cm³/mol. The molecule has 22 heavy (non-hydrogen) atoms. The molecule has 1 N–H and O–H groups in total. The zero-order valence-corrected chi connectivity index (χ0v) is 12.7. The molecule has 0 atom stereocenters. The molecule has 2 aromatic carbocycles. The summed E-state index contributed by atoms with van der Waals surface area (Å²) in [7, 11) is 0. The average molecular weight is 333 g/mol. The van der Waals surface area contributed by atoms with E-state index >= 15 is 0 Å². The van der Waals surface area contributed by atoms with Crippen molar-refractivity contribution < 1.29 is 9.21 Å². The summed E-state index contributed by atoms with van der Waals surface area (Å²) in [5.41, 5.74) is 3.82. The highest BCUT2D eigenvalue weighted by Crippen LogP contribution is 2.22. The maximum Gasteiger partial charge on any atom is 0.307 e. The third-order valence-corrected chi connectivity index (χ3v) is 3.44. The zero-order valence-electron chi connectivity index (χ0n) is 11.2. The summed E-state index contributed by atoms with van der Waals surface area (Å²) in [6, 6.07) is 13.8. The number of nitrogens with zero attached hydrogens (tertiary/aromatic N) is 1. The van der Waals surface area contributed by atoms with Crippen molar-refractivity contribution >= 4 is 46.3 Å². The number of rotatable bonds is 3. The number of hydrazone groups is 1. The summed E-state index contributed by atoms with van der Waals surface area (Å²) in [5, 5.41) is 5.87. The van der Waals surface area contributed by atoms with Gasteiger partial charge in [-0.1, -0.05) is 35.3 Å². The fourth-order valence-corrected chi connectivity index (χ4v) is 2.20. The van der Waals surface area contributed by atoms with E-state index < -0.39 is 5.91 Å². The summed E-state index contributed by atoms with van der Waals surface area (Å²) >= 11 is 11.7. The molecule has 0 saturated heterocycles. The summed E-state index contributed by atoms with van der Waals surface area (Å²) in [6.07, 6.45) is 1.52. The van der Waals surface area contributed by atoms with Crippen LogP contribution < -0.4 is 5.43 Å². The molecule has 1 amide bonds. The Balaban J connectivity index is 1.71. The lowest BCUT2D eigenvalue weighted by Gasteiger charge is -1.95. The van der Waals surface area contributed by atoms with E-state index in [9.17, 15) is 4.79 Å². The van der Waals surface area contributed by atoms with E-state index in [1.165, 1.54) is 6.21 Å². The van der Waals surface area contributed by atoms with Crippen LogP contribution in [0.1, 0.15) is 16.1 Å². The molecule has 1 heterocycles. The first kappa shape index (κ1) is 14.6. The Kier molecular flexibility index (Phi) is 4.13. The number of nitrogens with one attached hydrogen (secondary N) is 1. The highest BCUT2D eigenvalue weighted by atomic mass is 35.5. The molecule has 3 rings (SSSR count). The number of carbonyl (C=O) groups excluding carboxylic acids is 1. The molecule has 0 fully saturated rings. The van der Waals surface area contributed by atoms with Gasteiger partial charge in [-0.25, -0.2) is 5.43 Å². The first-order chi connectivity index (χ1) is 10.6. The number of carbonyl (C=O) groups is 1. The monoisotopic (exact) mass is 332 g/mol. The Morgan fingerprint density at radius 2 is 1.77 bits per heavy atom. The van der Waals surface area contributed by atoms with Gasteiger partial charge in [-0.2, -0.15) is 5.10 Å². The number of furan rings is 1. The van der Waals surface area contributed by atoms with Gasteiger partial charge in [0.05, 0.1) is 6.21 Å². The maximum atomic E-state index is 12.0. The van der Waals surface area contributed by atoms with Crippen molar-refractivity contribution in [2.75, 3.05) is 0 Å². The van der Waals surface area contributed by atoms with Crippen LogP contribution in [0, 0.1) is 0 Å². The molecule has 0 aliphatic carbocycles. The van der Waals surface area contributed by atoms with Crippen molar-refractivity contribution in [3.8, 4) is 0 Å². The van der Waals surface area contributed by atoms with Crippen molar-refractivity contribution in [2.45, 2.75) is 0 Å². The van der Waals surface area contributed by atoms with Crippen molar-refractivity contribution in [3.05, 3.63) is 69.9 Å². The smallest absolute Gasteiger partial charge is 0.307 e. The second-order valence-corrected chi connectivity index (χ2v) is 5.42. The maximum absolute atomic E-state index is 12.0. The second-order valence-electron chi connectivity index (χ2n) is 4.54. The lowest BCUT2D eigenvalue weighted by Crippen LogP contribution is -2.16. The Morgan fingerprint density at radius 3 is 2.55 bits per heavy atom. The second kappa shape index (κ2) is 6.22. The number of fused-ring (bicyclic) bond motifs is 1. The van der Waals surface area contributed by atoms with Gasteiger partial charge in [0.2, 0.25) is 0 Å². The highest BCUT2D eigenvalue weighted by Gasteiger charge is 2.11. The molecule has 0 spiro atoms. The zero-order chi connectivity index (χ0) is 15.5. The minimum absolute atomic E-state index is 0.172. The third-order valence-electron chi connectivity index (χ3n) is 2.95. The van der Waals surface area contributed by atoms with Crippen molar-refractivity contribution in [1.82, 2.24) is 5.43 Å². The Hall–Kier alpha value is -2.30. The van der Waals surface area contributed by atoms with Gasteiger partial charge in [-0.05, 0) is 42.0 Å².